The van der Waals surface area contributed by atoms with Crippen LogP contribution in [0.2, 0.25) is 0 Å². The number of hydrogen-bond acceptors (Lipinski definition) is 3. The van der Waals surface area contributed by atoms with Crippen LogP contribution in [0.3, 0.4) is 0 Å². The zero-order chi connectivity index (χ0) is 25.8. The molecule has 1 heterocycles. The van der Waals surface area contributed by atoms with Gasteiger partial charge >= 0.3 is 0 Å². The van der Waals surface area contributed by atoms with Crippen LogP contribution in [0.5, 0.6) is 0 Å². The number of fused-ring (bicyclic) bond motifs is 4. The zero-order valence-corrected chi connectivity index (χ0v) is 22.5. The van der Waals surface area contributed by atoms with Crippen molar-refractivity contribution >= 4 is 11.7 Å². The topological polar surface area (TPSA) is 57.6 Å². The molecule has 5 aliphatic rings. The molecule has 0 radical (unpaired) electrons. The maximum Gasteiger partial charge on any atom is 0.253 e. The Morgan fingerprint density at radius 1 is 1.05 bits per heavy atom. The number of carbonyl (C=O) groups is 2. The zero-order valence-electron chi connectivity index (χ0n) is 22.5. The lowest BCUT2D eigenvalue weighted by Gasteiger charge is -2.54. The molecule has 3 fully saturated rings. The van der Waals surface area contributed by atoms with Gasteiger partial charge in [0.25, 0.3) is 5.91 Å². The van der Waals surface area contributed by atoms with Crippen molar-refractivity contribution in [1.29, 1.82) is 0 Å². The highest BCUT2D eigenvalue weighted by Gasteiger charge is 2.61. The lowest BCUT2D eigenvalue weighted by Crippen LogP contribution is -2.50. The SMILES string of the molecule is CC=C[C@]1(O)CC[C@H]2[C@@H]3CCC4=CC(=O)CCC4=C3[C@@H](c3ccc(C(=O)N4CCCCC4)cc3)C[C@@]21C. The highest BCUT2D eigenvalue weighted by atomic mass is 16.3. The van der Waals surface area contributed by atoms with Gasteiger partial charge in [-0.1, -0.05) is 36.8 Å². The van der Waals surface area contributed by atoms with Crippen molar-refractivity contribution < 1.29 is 14.7 Å². The van der Waals surface area contributed by atoms with Crippen molar-refractivity contribution in [3.8, 4) is 0 Å². The molecule has 1 saturated heterocycles. The first-order valence-corrected chi connectivity index (χ1v) is 14.6. The molecule has 6 rings (SSSR count). The molecule has 1 amide bonds. The van der Waals surface area contributed by atoms with Crippen LogP contribution in [0.4, 0.5) is 0 Å². The number of rotatable bonds is 3. The summed E-state index contributed by atoms with van der Waals surface area (Å²) in [6.45, 7) is 6.05. The smallest absolute Gasteiger partial charge is 0.253 e. The Kier molecular flexibility index (Phi) is 6.30. The standard InChI is InChI=1S/C33H41NO3/c1-3-16-33(37)17-15-29-27-13-11-24-20-25(35)12-14-26(24)30(27)28(21-32(29,33)2)22-7-9-23(10-8-22)31(36)34-18-5-4-6-19-34/h3,7-10,16,20,27-29,37H,4-6,11-15,17-19,21H2,1-2H3/t27-,28+,29-,32-,33-/m0/s1. The van der Waals surface area contributed by atoms with Gasteiger partial charge in [-0.2, -0.15) is 0 Å². The third-order valence-electron chi connectivity index (χ3n) is 10.6. The minimum atomic E-state index is -0.788. The van der Waals surface area contributed by atoms with Crippen LogP contribution < -0.4 is 0 Å². The molecule has 0 aromatic heterocycles. The molecule has 0 bridgehead atoms. The number of piperidine rings is 1. The maximum absolute atomic E-state index is 13.1. The first-order valence-electron chi connectivity index (χ1n) is 14.6. The molecule has 4 heteroatoms. The van der Waals surface area contributed by atoms with Crippen LogP contribution in [0, 0.1) is 17.3 Å². The van der Waals surface area contributed by atoms with Crippen LogP contribution >= 0.6 is 0 Å². The Bertz CT molecular complexity index is 1180. The highest BCUT2D eigenvalue weighted by Crippen LogP contribution is 2.67. The third-order valence-corrected chi connectivity index (χ3v) is 10.6. The minimum Gasteiger partial charge on any atom is -0.385 e. The molecule has 1 N–H and O–H groups in total. The Morgan fingerprint density at radius 2 is 1.81 bits per heavy atom. The van der Waals surface area contributed by atoms with Crippen molar-refractivity contribution in [2.24, 2.45) is 17.3 Å². The van der Waals surface area contributed by atoms with Crippen molar-refractivity contribution in [3.05, 3.63) is 70.3 Å². The largest absolute Gasteiger partial charge is 0.385 e. The van der Waals surface area contributed by atoms with E-state index in [0.717, 1.165) is 70.0 Å². The van der Waals surface area contributed by atoms with Gasteiger partial charge in [0.15, 0.2) is 5.78 Å². The Morgan fingerprint density at radius 3 is 2.54 bits per heavy atom. The van der Waals surface area contributed by atoms with Crippen molar-refractivity contribution in [3.63, 3.8) is 0 Å². The number of ketones is 1. The van der Waals surface area contributed by atoms with Crippen molar-refractivity contribution in [2.45, 2.75) is 89.6 Å². The van der Waals surface area contributed by atoms with Gasteiger partial charge in [0.1, 0.15) is 0 Å². The van der Waals surface area contributed by atoms with Crippen LogP contribution in [-0.4, -0.2) is 40.4 Å². The van der Waals surface area contributed by atoms with E-state index in [1.807, 2.05) is 36.1 Å². The molecular weight excluding hydrogens is 458 g/mol. The predicted molar refractivity (Wildman–Crippen MR) is 146 cm³/mol. The number of amides is 1. The molecule has 1 aromatic carbocycles. The molecule has 4 nitrogen and oxygen atoms in total. The quantitative estimate of drug-likeness (QED) is 0.482. The summed E-state index contributed by atoms with van der Waals surface area (Å²) in [6.07, 6.45) is 15.6. The molecule has 37 heavy (non-hydrogen) atoms. The number of allylic oxidation sites excluding steroid dienone is 5. The van der Waals surface area contributed by atoms with Crippen LogP contribution in [0.25, 0.3) is 0 Å². The highest BCUT2D eigenvalue weighted by molar-refractivity contribution is 5.94. The number of aliphatic hydroxyl groups is 1. The summed E-state index contributed by atoms with van der Waals surface area (Å²) in [5.41, 5.74) is 5.25. The van der Waals surface area contributed by atoms with Crippen molar-refractivity contribution in [1.82, 2.24) is 4.90 Å². The predicted octanol–water partition coefficient (Wildman–Crippen LogP) is 6.52. The van der Waals surface area contributed by atoms with Gasteiger partial charge in [0.2, 0.25) is 0 Å². The minimum absolute atomic E-state index is 0.147. The van der Waals surface area contributed by atoms with Gasteiger partial charge in [-0.15, -0.1) is 0 Å². The molecule has 4 aliphatic carbocycles. The average Bonchev–Trinajstić information content (AvgIpc) is 3.18. The van der Waals surface area contributed by atoms with Gasteiger partial charge in [-0.3, -0.25) is 9.59 Å². The summed E-state index contributed by atoms with van der Waals surface area (Å²) in [6, 6.07) is 8.40. The van der Waals surface area contributed by atoms with Gasteiger partial charge in [0.05, 0.1) is 5.60 Å². The molecular formula is C33H41NO3. The average molecular weight is 500 g/mol. The van der Waals surface area contributed by atoms with E-state index in [9.17, 15) is 14.7 Å². The first kappa shape index (κ1) is 24.9. The normalized spacial score (nSPS) is 35.8. The summed E-state index contributed by atoms with van der Waals surface area (Å²) in [7, 11) is 0. The van der Waals surface area contributed by atoms with E-state index in [1.165, 1.54) is 28.7 Å². The summed E-state index contributed by atoms with van der Waals surface area (Å²) in [5, 5.41) is 11.9. The van der Waals surface area contributed by atoms with E-state index in [0.29, 0.717) is 18.3 Å². The van der Waals surface area contributed by atoms with Gasteiger partial charge < -0.3 is 10.0 Å². The molecule has 0 unspecified atom stereocenters. The summed E-state index contributed by atoms with van der Waals surface area (Å²) in [5.74, 6) is 1.50. The Hall–Kier alpha value is -2.46. The van der Waals surface area contributed by atoms with Gasteiger partial charge in [0, 0.05) is 36.4 Å². The summed E-state index contributed by atoms with van der Waals surface area (Å²) < 4.78 is 0. The molecule has 0 spiro atoms. The van der Waals surface area contributed by atoms with E-state index in [2.05, 4.69) is 25.1 Å². The molecule has 1 aliphatic heterocycles. The monoisotopic (exact) mass is 499 g/mol. The third kappa shape index (κ3) is 3.98. The van der Waals surface area contributed by atoms with Gasteiger partial charge in [-0.05, 0) is 111 Å². The van der Waals surface area contributed by atoms with E-state index < -0.39 is 5.60 Å². The van der Waals surface area contributed by atoms with E-state index >= 15 is 0 Å². The maximum atomic E-state index is 13.1. The molecule has 5 atom stereocenters. The fourth-order valence-electron chi connectivity index (χ4n) is 8.68. The fourth-order valence-corrected chi connectivity index (χ4v) is 8.68. The van der Waals surface area contributed by atoms with E-state index in [4.69, 9.17) is 0 Å². The van der Waals surface area contributed by atoms with E-state index in [-0.39, 0.29) is 23.0 Å². The Balaban J connectivity index is 1.41. The second kappa shape index (κ2) is 9.38. The second-order valence-corrected chi connectivity index (χ2v) is 12.4. The van der Waals surface area contributed by atoms with Crippen molar-refractivity contribution in [2.75, 3.05) is 13.1 Å². The number of hydrogen-bond donors (Lipinski definition) is 1. The summed E-state index contributed by atoms with van der Waals surface area (Å²) >= 11 is 0. The Labute approximate surface area is 221 Å². The van der Waals surface area contributed by atoms with Crippen LogP contribution in [-0.2, 0) is 4.79 Å². The first-order chi connectivity index (χ1) is 17.8. The lowest BCUT2D eigenvalue weighted by atomic mass is 9.51. The van der Waals surface area contributed by atoms with Crippen LogP contribution in [0.1, 0.15) is 99.9 Å². The number of nitrogens with zero attached hydrogens (tertiary/aromatic N) is 1. The second-order valence-electron chi connectivity index (χ2n) is 12.4. The number of benzene rings is 1. The van der Waals surface area contributed by atoms with E-state index in [1.54, 1.807) is 0 Å². The fraction of sp³-hybridized carbons (Fsp3) is 0.576. The summed E-state index contributed by atoms with van der Waals surface area (Å²) in [4.78, 5) is 27.4. The number of likely N-dealkylation sites (tertiary alicyclic amines) is 1. The van der Waals surface area contributed by atoms with Gasteiger partial charge in [-0.25, -0.2) is 0 Å². The molecule has 2 saturated carbocycles. The van der Waals surface area contributed by atoms with Crippen LogP contribution in [0.15, 0.2) is 59.2 Å². The molecule has 196 valence electrons. The number of carbonyl (C=O) groups excluding carboxylic acids is 2. The molecule has 1 aromatic rings. The lowest BCUT2D eigenvalue weighted by molar-refractivity contribution is -0.114.